The zero-order chi connectivity index (χ0) is 48.5. The minimum atomic E-state index is 0.660. The molecule has 13 aromatic rings. The fourth-order valence-electron chi connectivity index (χ4n) is 10.3. The van der Waals surface area contributed by atoms with Crippen LogP contribution in [0.1, 0.15) is 0 Å². The summed E-state index contributed by atoms with van der Waals surface area (Å²) in [5.74, 6) is 0.660. The van der Waals surface area contributed by atoms with Gasteiger partial charge in [0.15, 0.2) is 5.82 Å². The molecule has 0 saturated carbocycles. The summed E-state index contributed by atoms with van der Waals surface area (Å²) in [5.41, 5.74) is 22.1. The molecule has 2 aromatic heterocycles. The van der Waals surface area contributed by atoms with Crippen molar-refractivity contribution in [1.82, 2.24) is 14.5 Å². The third-order valence-electron chi connectivity index (χ3n) is 14.0. The standard InChI is InChI=1S/C70H47N3/c1-3-18-48(19-4-1)50-22-11-24-52(40-50)54-26-13-27-55(42-54)56-28-14-29-57(43-56)59-31-16-33-61(45-59)67-47-66(60-32-15-30-58(44-60)53-25-12-23-51(41-53)49-20-5-2-6-21-49)71-70(72-67)62-34-17-35-63(46-62)73-68-38-9-7-36-64(68)65-37-8-10-39-69(65)73/h1-47H. The molecule has 0 aliphatic carbocycles. The van der Waals surface area contributed by atoms with Gasteiger partial charge in [0, 0.05) is 33.2 Å². The first-order valence-electron chi connectivity index (χ1n) is 24.9. The smallest absolute Gasteiger partial charge is 0.160 e. The maximum Gasteiger partial charge on any atom is 0.160 e. The molecule has 11 aromatic carbocycles. The van der Waals surface area contributed by atoms with Crippen LogP contribution in [0, 0.1) is 0 Å². The third-order valence-corrected chi connectivity index (χ3v) is 14.0. The molecule has 0 aliphatic rings. The second kappa shape index (κ2) is 18.9. The SMILES string of the molecule is c1ccc(-c2cccc(-c3cccc(-c4cccc(-c5cccc(-c6cc(-c7cccc(-c8cccc(-c9ccccc9)c8)c7)nc(-c7cccc(-n8c9ccccc9c9ccccc98)c7)n6)c5)c4)c3)c2)cc1. The summed E-state index contributed by atoms with van der Waals surface area (Å²) in [7, 11) is 0. The molecular formula is C70H47N3. The van der Waals surface area contributed by atoms with Crippen LogP contribution >= 0.6 is 0 Å². The second-order valence-corrected chi connectivity index (χ2v) is 18.6. The van der Waals surface area contributed by atoms with Crippen LogP contribution in [0.3, 0.4) is 0 Å². The van der Waals surface area contributed by atoms with E-state index in [0.717, 1.165) is 72.6 Å². The van der Waals surface area contributed by atoms with E-state index in [-0.39, 0.29) is 0 Å². The van der Waals surface area contributed by atoms with E-state index >= 15 is 0 Å². The summed E-state index contributed by atoms with van der Waals surface area (Å²) < 4.78 is 2.35. The quantitative estimate of drug-likeness (QED) is 0.137. The van der Waals surface area contributed by atoms with Crippen molar-refractivity contribution < 1.29 is 0 Å². The lowest BCUT2D eigenvalue weighted by Gasteiger charge is -2.13. The first-order chi connectivity index (χ1) is 36.1. The Balaban J connectivity index is 0.896. The highest BCUT2D eigenvalue weighted by molar-refractivity contribution is 6.09. The minimum Gasteiger partial charge on any atom is -0.309 e. The number of benzene rings is 11. The minimum absolute atomic E-state index is 0.660. The van der Waals surface area contributed by atoms with Gasteiger partial charge in [0.1, 0.15) is 0 Å². The monoisotopic (exact) mass is 929 g/mol. The lowest BCUT2D eigenvalue weighted by atomic mass is 9.94. The van der Waals surface area contributed by atoms with Crippen LogP contribution < -0.4 is 0 Å². The van der Waals surface area contributed by atoms with Gasteiger partial charge in [0.25, 0.3) is 0 Å². The van der Waals surface area contributed by atoms with Gasteiger partial charge in [-0.1, -0.05) is 218 Å². The molecule has 0 radical (unpaired) electrons. The Bertz CT molecular complexity index is 4100. The van der Waals surface area contributed by atoms with E-state index in [0.29, 0.717) is 5.82 Å². The summed E-state index contributed by atoms with van der Waals surface area (Å²) in [6.07, 6.45) is 0. The van der Waals surface area contributed by atoms with E-state index in [2.05, 4.69) is 290 Å². The number of nitrogens with zero attached hydrogens (tertiary/aromatic N) is 3. The lowest BCUT2D eigenvalue weighted by Crippen LogP contribution is -1.98. The maximum absolute atomic E-state index is 5.42. The van der Waals surface area contributed by atoms with Crippen molar-refractivity contribution in [3.8, 4) is 106 Å². The van der Waals surface area contributed by atoms with Gasteiger partial charge >= 0.3 is 0 Å². The summed E-state index contributed by atoms with van der Waals surface area (Å²) in [6, 6.07) is 102. The van der Waals surface area contributed by atoms with Crippen LogP contribution in [0.25, 0.3) is 128 Å². The maximum atomic E-state index is 5.42. The Morgan fingerprint density at radius 1 is 0.205 bits per heavy atom. The molecule has 73 heavy (non-hydrogen) atoms. The van der Waals surface area contributed by atoms with Crippen molar-refractivity contribution in [3.63, 3.8) is 0 Å². The van der Waals surface area contributed by atoms with Gasteiger partial charge in [-0.25, -0.2) is 9.97 Å². The average Bonchev–Trinajstić information content (AvgIpc) is 3.82. The summed E-state index contributed by atoms with van der Waals surface area (Å²) in [6.45, 7) is 0. The van der Waals surface area contributed by atoms with Crippen LogP contribution in [0.15, 0.2) is 285 Å². The molecule has 0 atom stereocenters. The number of hydrogen-bond donors (Lipinski definition) is 0. The van der Waals surface area contributed by atoms with Gasteiger partial charge in [0.2, 0.25) is 0 Å². The van der Waals surface area contributed by atoms with Crippen LogP contribution in [-0.2, 0) is 0 Å². The van der Waals surface area contributed by atoms with Gasteiger partial charge in [-0.15, -0.1) is 0 Å². The first kappa shape index (κ1) is 43.3. The fraction of sp³-hybridized carbons (Fsp3) is 0. The van der Waals surface area contributed by atoms with E-state index in [4.69, 9.17) is 9.97 Å². The summed E-state index contributed by atoms with van der Waals surface area (Å²) >= 11 is 0. The Morgan fingerprint density at radius 3 is 0.890 bits per heavy atom. The number of para-hydroxylation sites is 2. The van der Waals surface area contributed by atoms with Gasteiger partial charge in [-0.2, -0.15) is 0 Å². The normalized spacial score (nSPS) is 11.3. The second-order valence-electron chi connectivity index (χ2n) is 18.6. The van der Waals surface area contributed by atoms with E-state index in [1.807, 2.05) is 0 Å². The largest absolute Gasteiger partial charge is 0.309 e. The van der Waals surface area contributed by atoms with Crippen LogP contribution in [-0.4, -0.2) is 14.5 Å². The predicted octanol–water partition coefficient (Wildman–Crippen LogP) is 18.6. The van der Waals surface area contributed by atoms with Crippen molar-refractivity contribution in [2.75, 3.05) is 0 Å². The molecule has 0 aliphatic heterocycles. The molecule has 13 rings (SSSR count). The molecule has 0 fully saturated rings. The number of fused-ring (bicyclic) bond motifs is 3. The molecule has 0 spiro atoms. The van der Waals surface area contributed by atoms with Crippen LogP contribution in [0.4, 0.5) is 0 Å². The van der Waals surface area contributed by atoms with E-state index in [9.17, 15) is 0 Å². The zero-order valence-electron chi connectivity index (χ0n) is 40.0. The summed E-state index contributed by atoms with van der Waals surface area (Å²) in [4.78, 5) is 10.8. The molecule has 0 amide bonds. The van der Waals surface area contributed by atoms with Gasteiger partial charge < -0.3 is 4.57 Å². The molecule has 3 heteroatoms. The van der Waals surface area contributed by atoms with E-state index < -0.39 is 0 Å². The highest BCUT2D eigenvalue weighted by Gasteiger charge is 2.17. The number of rotatable bonds is 10. The number of hydrogen-bond acceptors (Lipinski definition) is 2. The fourth-order valence-corrected chi connectivity index (χ4v) is 10.3. The van der Waals surface area contributed by atoms with Crippen LogP contribution in [0.5, 0.6) is 0 Å². The van der Waals surface area contributed by atoms with E-state index in [1.165, 1.54) is 49.7 Å². The molecule has 0 N–H and O–H groups in total. The Kier molecular flexibility index (Phi) is 11.2. The highest BCUT2D eigenvalue weighted by atomic mass is 15.0. The molecular weight excluding hydrogens is 883 g/mol. The molecule has 2 heterocycles. The molecule has 0 unspecified atom stereocenters. The van der Waals surface area contributed by atoms with Crippen LogP contribution in [0.2, 0.25) is 0 Å². The van der Waals surface area contributed by atoms with Crippen molar-refractivity contribution in [1.29, 1.82) is 0 Å². The van der Waals surface area contributed by atoms with Gasteiger partial charge in [0.05, 0.1) is 22.4 Å². The van der Waals surface area contributed by atoms with Crippen molar-refractivity contribution >= 4 is 21.8 Å². The van der Waals surface area contributed by atoms with E-state index in [1.54, 1.807) is 0 Å². The topological polar surface area (TPSA) is 30.7 Å². The molecule has 0 bridgehead atoms. The first-order valence-corrected chi connectivity index (χ1v) is 24.9. The number of aromatic nitrogens is 3. The highest BCUT2D eigenvalue weighted by Crippen LogP contribution is 2.37. The van der Waals surface area contributed by atoms with Gasteiger partial charge in [-0.05, 0) is 133 Å². The third kappa shape index (κ3) is 8.60. The van der Waals surface area contributed by atoms with Gasteiger partial charge in [-0.3, -0.25) is 0 Å². The zero-order valence-corrected chi connectivity index (χ0v) is 40.0. The molecule has 342 valence electrons. The predicted molar refractivity (Wildman–Crippen MR) is 305 cm³/mol. The van der Waals surface area contributed by atoms with Crippen molar-refractivity contribution in [2.24, 2.45) is 0 Å². The Morgan fingerprint density at radius 2 is 0.493 bits per heavy atom. The average molecular weight is 930 g/mol. The summed E-state index contributed by atoms with van der Waals surface area (Å²) in [5, 5.41) is 2.45. The Hall–Kier alpha value is -9.70. The van der Waals surface area contributed by atoms with Crippen molar-refractivity contribution in [2.45, 2.75) is 0 Å². The molecule has 0 saturated heterocycles. The Labute approximate surface area is 425 Å². The van der Waals surface area contributed by atoms with Crippen molar-refractivity contribution in [3.05, 3.63) is 285 Å². The molecule has 3 nitrogen and oxygen atoms in total. The lowest BCUT2D eigenvalue weighted by molar-refractivity contribution is 1.16.